The lowest BCUT2D eigenvalue weighted by atomic mass is 10.2. The van der Waals surface area contributed by atoms with Crippen molar-refractivity contribution in [2.75, 3.05) is 12.4 Å². The summed E-state index contributed by atoms with van der Waals surface area (Å²) in [5, 5.41) is 3.50. The molecular formula is C28H21F3N2O5S3. The Morgan fingerprint density at radius 1 is 0.878 bits per heavy atom. The highest BCUT2D eigenvalue weighted by molar-refractivity contribution is 7.97. The van der Waals surface area contributed by atoms with E-state index in [9.17, 15) is 18.0 Å². The Labute approximate surface area is 240 Å². The van der Waals surface area contributed by atoms with Crippen molar-refractivity contribution in [1.82, 2.24) is 4.98 Å². The van der Waals surface area contributed by atoms with Gasteiger partial charge in [0.1, 0.15) is 5.75 Å². The van der Waals surface area contributed by atoms with Gasteiger partial charge >= 0.3 is 5.51 Å². The second kappa shape index (κ2) is 12.7. The number of fused-ring (bicyclic) bond motifs is 1. The summed E-state index contributed by atoms with van der Waals surface area (Å²) in [5.74, 6) is 0.596. The second-order valence-corrected chi connectivity index (χ2v) is 12.6. The van der Waals surface area contributed by atoms with Gasteiger partial charge in [-0.1, -0.05) is 47.7 Å². The SMILES string of the molecule is COc1ccc2nc(NC(=O)c3ccc([S+](c4ccccc4)c4ccccc4)cc3)sc2c1.O=S(=O)([O-])C(F)(F)F. The molecule has 0 unspecified atom stereocenters. The van der Waals surface area contributed by atoms with E-state index in [0.717, 1.165) is 20.9 Å². The molecule has 7 nitrogen and oxygen atoms in total. The van der Waals surface area contributed by atoms with E-state index in [-0.39, 0.29) is 16.8 Å². The maximum atomic E-state index is 12.9. The fourth-order valence-corrected chi connectivity index (χ4v) is 6.49. The molecule has 5 rings (SSSR count). The number of nitrogens with zero attached hydrogens (tertiary/aromatic N) is 1. The molecule has 0 bridgehead atoms. The fourth-order valence-electron chi connectivity index (χ4n) is 3.52. The van der Waals surface area contributed by atoms with Gasteiger partial charge in [0.25, 0.3) is 5.91 Å². The minimum Gasteiger partial charge on any atom is -0.741 e. The number of rotatable bonds is 6. The first-order valence-electron chi connectivity index (χ1n) is 11.7. The zero-order valence-electron chi connectivity index (χ0n) is 21.2. The maximum Gasteiger partial charge on any atom is 0.485 e. The molecule has 1 N–H and O–H groups in total. The lowest BCUT2D eigenvalue weighted by Gasteiger charge is -2.08. The monoisotopic (exact) mass is 618 g/mol. The Balaban J connectivity index is 0.000000426. The number of ether oxygens (including phenoxy) is 1. The van der Waals surface area contributed by atoms with Crippen molar-refractivity contribution < 1.29 is 35.7 Å². The van der Waals surface area contributed by atoms with E-state index < -0.39 is 15.6 Å². The third-order valence-electron chi connectivity index (χ3n) is 5.41. The molecule has 1 aromatic heterocycles. The van der Waals surface area contributed by atoms with Crippen LogP contribution in [-0.4, -0.2) is 36.5 Å². The van der Waals surface area contributed by atoms with Crippen molar-refractivity contribution in [2.24, 2.45) is 0 Å². The van der Waals surface area contributed by atoms with Crippen molar-refractivity contribution in [1.29, 1.82) is 0 Å². The standard InChI is InChI=1S/C27H20N2O2S2.CHF3O3S/c1-31-20-14-17-24-25(18-20)32-27(28-24)29-26(30)19-12-15-23(16-13-19)33(21-8-4-2-5-9-21)22-10-6-3-7-11-22;2-1(3,4)8(5,6)7/h2-18H,1H3;(H,5,6,7). The smallest absolute Gasteiger partial charge is 0.485 e. The van der Waals surface area contributed by atoms with Crippen LogP contribution in [0.15, 0.2) is 118 Å². The molecule has 0 aliphatic rings. The zero-order valence-corrected chi connectivity index (χ0v) is 23.6. The Bertz CT molecular complexity index is 1690. The third kappa shape index (κ3) is 7.64. The number of alkyl halides is 3. The first kappa shape index (κ1) is 30.1. The largest absolute Gasteiger partial charge is 0.741 e. The Morgan fingerprint density at radius 3 is 1.88 bits per heavy atom. The molecule has 13 heteroatoms. The van der Waals surface area contributed by atoms with Gasteiger partial charge in [-0.25, -0.2) is 13.4 Å². The molecule has 1 heterocycles. The lowest BCUT2D eigenvalue weighted by molar-refractivity contribution is -0.0517. The molecule has 0 saturated carbocycles. The number of anilines is 1. The topological polar surface area (TPSA) is 108 Å². The van der Waals surface area contributed by atoms with Crippen LogP contribution in [0.25, 0.3) is 10.2 Å². The zero-order chi connectivity index (χ0) is 29.6. The van der Waals surface area contributed by atoms with E-state index in [4.69, 9.17) is 17.7 Å². The van der Waals surface area contributed by atoms with E-state index >= 15 is 0 Å². The molecule has 4 aromatic carbocycles. The molecule has 0 aliphatic heterocycles. The van der Waals surface area contributed by atoms with Gasteiger partial charge in [0.2, 0.25) is 0 Å². The van der Waals surface area contributed by atoms with Crippen LogP contribution in [0.1, 0.15) is 10.4 Å². The average Bonchev–Trinajstić information content (AvgIpc) is 3.35. The van der Waals surface area contributed by atoms with E-state index in [1.165, 1.54) is 21.1 Å². The summed E-state index contributed by atoms with van der Waals surface area (Å²) in [5.41, 5.74) is -4.21. The third-order valence-corrected chi connectivity index (χ3v) is 9.14. The summed E-state index contributed by atoms with van der Waals surface area (Å²) < 4.78 is 65.1. The molecule has 0 aliphatic carbocycles. The Kier molecular flexibility index (Phi) is 9.33. The van der Waals surface area contributed by atoms with Crippen molar-refractivity contribution >= 4 is 53.6 Å². The molecule has 1 amide bonds. The van der Waals surface area contributed by atoms with Crippen LogP contribution in [0.3, 0.4) is 0 Å². The molecule has 0 atom stereocenters. The lowest BCUT2D eigenvalue weighted by Crippen LogP contribution is -2.21. The summed E-state index contributed by atoms with van der Waals surface area (Å²) in [6, 6.07) is 34.4. The van der Waals surface area contributed by atoms with Gasteiger partial charge in [0, 0.05) is 5.56 Å². The van der Waals surface area contributed by atoms with Crippen LogP contribution in [0.4, 0.5) is 18.3 Å². The molecule has 0 radical (unpaired) electrons. The van der Waals surface area contributed by atoms with Gasteiger partial charge < -0.3 is 9.29 Å². The summed E-state index contributed by atoms with van der Waals surface area (Å²) in [7, 11) is -4.70. The van der Waals surface area contributed by atoms with Gasteiger partial charge in [0.05, 0.1) is 28.2 Å². The molecule has 0 spiro atoms. The number of benzene rings is 4. The van der Waals surface area contributed by atoms with E-state index in [1.54, 1.807) is 7.11 Å². The van der Waals surface area contributed by atoms with E-state index in [2.05, 4.69) is 58.8 Å². The number of aromatic nitrogens is 1. The highest BCUT2D eigenvalue weighted by Gasteiger charge is 2.37. The van der Waals surface area contributed by atoms with Gasteiger partial charge in [-0.2, -0.15) is 13.2 Å². The highest BCUT2D eigenvalue weighted by Crippen LogP contribution is 2.32. The van der Waals surface area contributed by atoms with Gasteiger partial charge in [-0.15, -0.1) is 0 Å². The van der Waals surface area contributed by atoms with Crippen molar-refractivity contribution in [3.05, 3.63) is 109 Å². The summed E-state index contributed by atoms with van der Waals surface area (Å²) in [6.07, 6.45) is 0. The number of amides is 1. The Morgan fingerprint density at radius 2 is 1.39 bits per heavy atom. The van der Waals surface area contributed by atoms with Crippen molar-refractivity contribution in [3.8, 4) is 5.75 Å². The van der Waals surface area contributed by atoms with Crippen molar-refractivity contribution in [3.63, 3.8) is 0 Å². The number of nitrogens with one attached hydrogen (secondary N) is 1. The molecular weight excluding hydrogens is 598 g/mol. The predicted octanol–water partition coefficient (Wildman–Crippen LogP) is 6.70. The van der Waals surface area contributed by atoms with E-state index in [1.807, 2.05) is 54.6 Å². The summed E-state index contributed by atoms with van der Waals surface area (Å²) in [6.45, 7) is 0. The number of carbonyl (C=O) groups is 1. The number of carbonyl (C=O) groups excluding carboxylic acids is 1. The number of methoxy groups -OCH3 is 1. The first-order chi connectivity index (χ1) is 19.5. The average molecular weight is 619 g/mol. The van der Waals surface area contributed by atoms with Crippen LogP contribution in [0.5, 0.6) is 5.75 Å². The van der Waals surface area contributed by atoms with Gasteiger partial charge in [0.15, 0.2) is 29.9 Å². The number of hydrogen-bond acceptors (Lipinski definition) is 7. The minimum atomic E-state index is -6.09. The summed E-state index contributed by atoms with van der Waals surface area (Å²) in [4.78, 5) is 21.0. The quantitative estimate of drug-likeness (QED) is 0.129. The first-order valence-corrected chi connectivity index (χ1v) is 15.1. The molecule has 5 aromatic rings. The predicted molar refractivity (Wildman–Crippen MR) is 151 cm³/mol. The summed E-state index contributed by atoms with van der Waals surface area (Å²) >= 11 is 1.43. The number of hydrogen-bond donors (Lipinski definition) is 1. The molecule has 41 heavy (non-hydrogen) atoms. The number of thiazole rings is 1. The van der Waals surface area contributed by atoms with Crippen molar-refractivity contribution in [2.45, 2.75) is 20.2 Å². The second-order valence-electron chi connectivity index (χ2n) is 8.16. The maximum absolute atomic E-state index is 12.9. The van der Waals surface area contributed by atoms with E-state index in [0.29, 0.717) is 10.7 Å². The normalized spacial score (nSPS) is 11.6. The minimum absolute atomic E-state index is 0.174. The Hall–Kier alpha value is -3.91. The van der Waals surface area contributed by atoms with Crippen LogP contribution in [0.2, 0.25) is 0 Å². The molecule has 0 saturated heterocycles. The van der Waals surface area contributed by atoms with Crippen LogP contribution >= 0.6 is 11.3 Å². The highest BCUT2D eigenvalue weighted by atomic mass is 32.2. The fraction of sp³-hybridized carbons (Fsp3) is 0.0714. The van der Waals surface area contributed by atoms with Crippen LogP contribution < -0.4 is 10.1 Å². The number of halogens is 3. The van der Waals surface area contributed by atoms with Gasteiger partial charge in [-0.05, 0) is 66.7 Å². The molecule has 0 fully saturated rings. The van der Waals surface area contributed by atoms with Gasteiger partial charge in [-0.3, -0.25) is 10.1 Å². The van der Waals surface area contributed by atoms with Crippen LogP contribution in [-0.2, 0) is 21.0 Å². The molecule has 212 valence electrons. The van der Waals surface area contributed by atoms with Crippen LogP contribution in [0, 0.1) is 0 Å².